The van der Waals surface area contributed by atoms with Crippen molar-refractivity contribution < 1.29 is 9.69 Å². The van der Waals surface area contributed by atoms with Crippen LogP contribution < -0.4 is 4.90 Å². The molecule has 1 aliphatic rings. The molecular weight excluding hydrogens is 274 g/mol. The van der Waals surface area contributed by atoms with Gasteiger partial charge in [0.2, 0.25) is 5.91 Å². The highest BCUT2D eigenvalue weighted by atomic mass is 16.2. The Bertz CT molecular complexity index is 592. The zero-order chi connectivity index (χ0) is 15.2. The van der Waals surface area contributed by atoms with Gasteiger partial charge in [-0.1, -0.05) is 36.4 Å². The molecule has 1 amide bonds. The maximum atomic E-state index is 12.3. The van der Waals surface area contributed by atoms with E-state index in [0.29, 0.717) is 6.42 Å². The molecule has 0 spiro atoms. The van der Waals surface area contributed by atoms with Crippen LogP contribution in [0.1, 0.15) is 11.1 Å². The SMILES string of the molecule is O=C(Cc1ccccc1)N1CC[NH+](Cc2cccnc2)CC1. The van der Waals surface area contributed by atoms with Gasteiger partial charge in [-0.15, -0.1) is 0 Å². The Labute approximate surface area is 131 Å². The number of nitrogens with one attached hydrogen (secondary N) is 1. The molecule has 0 bridgehead atoms. The molecule has 0 radical (unpaired) electrons. The fourth-order valence-corrected chi connectivity index (χ4v) is 2.92. The number of quaternary nitrogens is 1. The van der Waals surface area contributed by atoms with Gasteiger partial charge in [-0.25, -0.2) is 0 Å². The zero-order valence-corrected chi connectivity index (χ0v) is 12.7. The van der Waals surface area contributed by atoms with Crippen LogP contribution in [0.25, 0.3) is 0 Å². The van der Waals surface area contributed by atoms with E-state index >= 15 is 0 Å². The molecule has 1 N–H and O–H groups in total. The molecule has 0 aliphatic carbocycles. The van der Waals surface area contributed by atoms with Gasteiger partial charge in [-0.3, -0.25) is 9.78 Å². The lowest BCUT2D eigenvalue weighted by Gasteiger charge is -2.32. The third kappa shape index (κ3) is 3.92. The smallest absolute Gasteiger partial charge is 0.227 e. The highest BCUT2D eigenvalue weighted by Crippen LogP contribution is 2.03. The average molecular weight is 296 g/mol. The molecule has 4 nitrogen and oxygen atoms in total. The Kier molecular flexibility index (Phi) is 4.81. The molecule has 2 heterocycles. The summed E-state index contributed by atoms with van der Waals surface area (Å²) in [6.45, 7) is 4.71. The normalized spacial score (nSPS) is 15.7. The topological polar surface area (TPSA) is 37.6 Å². The van der Waals surface area contributed by atoms with Gasteiger partial charge in [0.25, 0.3) is 0 Å². The van der Waals surface area contributed by atoms with Gasteiger partial charge in [0.15, 0.2) is 0 Å². The van der Waals surface area contributed by atoms with Gasteiger partial charge in [-0.05, 0) is 11.6 Å². The third-order valence-corrected chi connectivity index (χ3v) is 4.20. The quantitative estimate of drug-likeness (QED) is 0.895. The first-order valence-electron chi connectivity index (χ1n) is 7.85. The van der Waals surface area contributed by atoms with Crippen LogP contribution in [0.5, 0.6) is 0 Å². The Morgan fingerprint density at radius 3 is 2.45 bits per heavy atom. The number of piperazine rings is 1. The Morgan fingerprint density at radius 2 is 1.77 bits per heavy atom. The molecule has 0 saturated carbocycles. The van der Waals surface area contributed by atoms with E-state index in [1.807, 2.05) is 47.5 Å². The molecule has 22 heavy (non-hydrogen) atoms. The van der Waals surface area contributed by atoms with Crippen molar-refractivity contribution in [3.8, 4) is 0 Å². The summed E-state index contributed by atoms with van der Waals surface area (Å²) in [6.07, 6.45) is 4.25. The molecule has 1 aliphatic heterocycles. The number of hydrogen-bond acceptors (Lipinski definition) is 2. The third-order valence-electron chi connectivity index (χ3n) is 4.20. The first-order chi connectivity index (χ1) is 10.8. The predicted octanol–water partition coefficient (Wildman–Crippen LogP) is 0.551. The molecule has 2 aromatic rings. The second-order valence-electron chi connectivity index (χ2n) is 5.83. The van der Waals surface area contributed by atoms with E-state index in [0.717, 1.165) is 38.3 Å². The van der Waals surface area contributed by atoms with Crippen molar-refractivity contribution in [3.63, 3.8) is 0 Å². The summed E-state index contributed by atoms with van der Waals surface area (Å²) in [5.74, 6) is 0.242. The van der Waals surface area contributed by atoms with Crippen molar-refractivity contribution in [2.75, 3.05) is 26.2 Å². The molecule has 0 unspecified atom stereocenters. The molecule has 3 rings (SSSR count). The van der Waals surface area contributed by atoms with E-state index in [4.69, 9.17) is 0 Å². The lowest BCUT2D eigenvalue weighted by molar-refractivity contribution is -0.917. The van der Waals surface area contributed by atoms with Crippen LogP contribution in [0.15, 0.2) is 54.9 Å². The minimum Gasteiger partial charge on any atom is -0.331 e. The Hall–Kier alpha value is -2.20. The molecule has 1 fully saturated rings. The summed E-state index contributed by atoms with van der Waals surface area (Å²) < 4.78 is 0. The van der Waals surface area contributed by atoms with E-state index in [9.17, 15) is 4.79 Å². The summed E-state index contributed by atoms with van der Waals surface area (Å²) in [6, 6.07) is 14.1. The van der Waals surface area contributed by atoms with Gasteiger partial charge < -0.3 is 9.80 Å². The van der Waals surface area contributed by atoms with Gasteiger partial charge >= 0.3 is 0 Å². The van der Waals surface area contributed by atoms with E-state index in [1.165, 1.54) is 10.5 Å². The summed E-state index contributed by atoms with van der Waals surface area (Å²) >= 11 is 0. The maximum absolute atomic E-state index is 12.3. The van der Waals surface area contributed by atoms with Crippen molar-refractivity contribution in [1.29, 1.82) is 0 Å². The minimum atomic E-state index is 0.242. The van der Waals surface area contributed by atoms with Crippen LogP contribution in [0.4, 0.5) is 0 Å². The minimum absolute atomic E-state index is 0.242. The lowest BCUT2D eigenvalue weighted by Crippen LogP contribution is -3.13. The summed E-state index contributed by atoms with van der Waals surface area (Å²) in [4.78, 5) is 20.0. The second-order valence-corrected chi connectivity index (χ2v) is 5.83. The molecule has 0 atom stereocenters. The highest BCUT2D eigenvalue weighted by molar-refractivity contribution is 5.78. The van der Waals surface area contributed by atoms with E-state index in [-0.39, 0.29) is 5.91 Å². The van der Waals surface area contributed by atoms with Gasteiger partial charge in [0.05, 0.1) is 32.6 Å². The Morgan fingerprint density at radius 1 is 1.05 bits per heavy atom. The maximum Gasteiger partial charge on any atom is 0.227 e. The Balaban J connectivity index is 1.48. The number of carbonyl (C=O) groups excluding carboxylic acids is 1. The molecule has 1 aromatic carbocycles. The van der Waals surface area contributed by atoms with E-state index in [2.05, 4.69) is 11.1 Å². The molecular formula is C18H22N3O+. The number of carbonyl (C=O) groups is 1. The van der Waals surface area contributed by atoms with E-state index in [1.54, 1.807) is 6.20 Å². The largest absolute Gasteiger partial charge is 0.331 e. The molecule has 4 heteroatoms. The van der Waals surface area contributed by atoms with Crippen LogP contribution in [-0.2, 0) is 17.8 Å². The monoisotopic (exact) mass is 296 g/mol. The number of aromatic nitrogens is 1. The van der Waals surface area contributed by atoms with Crippen LogP contribution in [0.3, 0.4) is 0 Å². The van der Waals surface area contributed by atoms with Crippen molar-refractivity contribution in [2.24, 2.45) is 0 Å². The lowest BCUT2D eigenvalue weighted by atomic mass is 10.1. The summed E-state index contributed by atoms with van der Waals surface area (Å²) in [7, 11) is 0. The van der Waals surface area contributed by atoms with Crippen molar-refractivity contribution in [3.05, 3.63) is 66.0 Å². The first-order valence-corrected chi connectivity index (χ1v) is 7.85. The first kappa shape index (κ1) is 14.7. The number of rotatable bonds is 4. The van der Waals surface area contributed by atoms with Crippen molar-refractivity contribution in [2.45, 2.75) is 13.0 Å². The number of pyridine rings is 1. The number of hydrogen-bond donors (Lipinski definition) is 1. The zero-order valence-electron chi connectivity index (χ0n) is 12.7. The molecule has 1 aromatic heterocycles. The number of nitrogens with zero attached hydrogens (tertiary/aromatic N) is 2. The van der Waals surface area contributed by atoms with Crippen LogP contribution >= 0.6 is 0 Å². The summed E-state index contributed by atoms with van der Waals surface area (Å²) in [5.41, 5.74) is 2.36. The molecule has 1 saturated heterocycles. The van der Waals surface area contributed by atoms with Gasteiger partial charge in [-0.2, -0.15) is 0 Å². The second kappa shape index (κ2) is 7.18. The highest BCUT2D eigenvalue weighted by Gasteiger charge is 2.23. The van der Waals surface area contributed by atoms with Crippen molar-refractivity contribution >= 4 is 5.91 Å². The van der Waals surface area contributed by atoms with Crippen molar-refractivity contribution in [1.82, 2.24) is 9.88 Å². The standard InChI is InChI=1S/C18H21N3O/c22-18(13-16-5-2-1-3-6-16)21-11-9-20(10-12-21)15-17-7-4-8-19-14-17/h1-8,14H,9-13,15H2/p+1. The molecule has 114 valence electrons. The number of benzene rings is 1. The average Bonchev–Trinajstić information content (AvgIpc) is 2.57. The van der Waals surface area contributed by atoms with E-state index < -0.39 is 0 Å². The fourth-order valence-electron chi connectivity index (χ4n) is 2.92. The van der Waals surface area contributed by atoms with Crippen LogP contribution in [-0.4, -0.2) is 42.0 Å². The summed E-state index contributed by atoms with van der Waals surface area (Å²) in [5, 5.41) is 0. The fraction of sp³-hybridized carbons (Fsp3) is 0.333. The van der Waals surface area contributed by atoms with Crippen LogP contribution in [0, 0.1) is 0 Å². The van der Waals surface area contributed by atoms with Crippen LogP contribution in [0.2, 0.25) is 0 Å². The van der Waals surface area contributed by atoms with Gasteiger partial charge in [0, 0.05) is 18.0 Å². The predicted molar refractivity (Wildman–Crippen MR) is 85.4 cm³/mol. The van der Waals surface area contributed by atoms with Gasteiger partial charge in [0.1, 0.15) is 6.54 Å². The number of amides is 1.